The lowest BCUT2D eigenvalue weighted by molar-refractivity contribution is 0.125. The van der Waals surface area contributed by atoms with Gasteiger partial charge in [-0.1, -0.05) is 27.7 Å². The van der Waals surface area contributed by atoms with Crippen LogP contribution in [0, 0.1) is 17.8 Å². The first kappa shape index (κ1) is 18.3. The van der Waals surface area contributed by atoms with Crippen LogP contribution in [0.25, 0.3) is 0 Å². The Morgan fingerprint density at radius 3 is 2.57 bits per heavy atom. The van der Waals surface area contributed by atoms with E-state index in [1.807, 2.05) is 4.90 Å². The van der Waals surface area contributed by atoms with Crippen molar-refractivity contribution in [2.45, 2.75) is 65.8 Å². The Morgan fingerprint density at radius 2 is 2.00 bits per heavy atom. The number of nitrogens with zero attached hydrogens (tertiary/aromatic N) is 1. The van der Waals surface area contributed by atoms with E-state index in [1.165, 1.54) is 6.42 Å². The number of likely N-dealkylation sites (tertiary alicyclic amines) is 1. The zero-order valence-electron chi connectivity index (χ0n) is 14.3. The van der Waals surface area contributed by atoms with Crippen LogP contribution in [-0.2, 0) is 0 Å². The van der Waals surface area contributed by atoms with Crippen molar-refractivity contribution < 1.29 is 9.90 Å². The van der Waals surface area contributed by atoms with Crippen LogP contribution in [0.4, 0.5) is 4.79 Å². The molecule has 1 rings (SSSR count). The van der Waals surface area contributed by atoms with Crippen molar-refractivity contribution in [1.82, 2.24) is 10.2 Å². The SMILES string of the molecule is CC(C)CC(CCO)CNC(=O)N1CCCCC1C(C)C. The highest BCUT2D eigenvalue weighted by Crippen LogP contribution is 2.23. The smallest absolute Gasteiger partial charge is 0.317 e. The zero-order chi connectivity index (χ0) is 15.8. The second-order valence-electron chi connectivity index (χ2n) is 7.19. The molecular formula is C17H34N2O2. The summed E-state index contributed by atoms with van der Waals surface area (Å²) in [6, 6.07) is 0.459. The summed E-state index contributed by atoms with van der Waals surface area (Å²) in [6.07, 6.45) is 5.29. The maximum atomic E-state index is 12.5. The molecule has 1 saturated heterocycles. The zero-order valence-corrected chi connectivity index (χ0v) is 14.3. The number of urea groups is 1. The van der Waals surface area contributed by atoms with Gasteiger partial charge in [0, 0.05) is 25.7 Å². The van der Waals surface area contributed by atoms with Crippen LogP contribution in [0.3, 0.4) is 0 Å². The van der Waals surface area contributed by atoms with E-state index in [0.29, 0.717) is 30.3 Å². The van der Waals surface area contributed by atoms with Crippen molar-refractivity contribution >= 4 is 6.03 Å². The molecule has 2 atom stereocenters. The van der Waals surface area contributed by atoms with Gasteiger partial charge in [-0.3, -0.25) is 0 Å². The first-order chi connectivity index (χ1) is 9.95. The number of piperidine rings is 1. The van der Waals surface area contributed by atoms with Crippen molar-refractivity contribution in [1.29, 1.82) is 0 Å². The molecule has 4 nitrogen and oxygen atoms in total. The van der Waals surface area contributed by atoms with Gasteiger partial charge in [0.1, 0.15) is 0 Å². The van der Waals surface area contributed by atoms with E-state index in [1.54, 1.807) is 0 Å². The number of hydrogen-bond donors (Lipinski definition) is 2. The third-order valence-electron chi connectivity index (χ3n) is 4.46. The molecule has 0 bridgehead atoms. The molecule has 0 radical (unpaired) electrons. The Labute approximate surface area is 130 Å². The Kier molecular flexibility index (Phi) is 8.09. The standard InChI is InChI=1S/C17H34N2O2/c1-13(2)11-15(8-10-20)12-18-17(21)19-9-6-5-7-16(19)14(3)4/h13-16,20H,5-12H2,1-4H3,(H,18,21). The van der Waals surface area contributed by atoms with Crippen molar-refractivity contribution in [2.75, 3.05) is 19.7 Å². The fourth-order valence-corrected chi connectivity index (χ4v) is 3.39. The third kappa shape index (κ3) is 6.25. The molecule has 0 saturated carbocycles. The second kappa shape index (κ2) is 9.29. The molecule has 2 unspecified atom stereocenters. The Balaban J connectivity index is 2.49. The first-order valence-electron chi connectivity index (χ1n) is 8.61. The van der Waals surface area contributed by atoms with Crippen LogP contribution in [0.2, 0.25) is 0 Å². The van der Waals surface area contributed by atoms with Gasteiger partial charge in [0.05, 0.1) is 0 Å². The molecule has 0 aromatic heterocycles. The molecule has 1 aliphatic rings. The lowest BCUT2D eigenvalue weighted by atomic mass is 9.93. The quantitative estimate of drug-likeness (QED) is 0.758. The lowest BCUT2D eigenvalue weighted by Gasteiger charge is -2.38. The summed E-state index contributed by atoms with van der Waals surface area (Å²) in [6.45, 7) is 10.5. The van der Waals surface area contributed by atoms with Gasteiger partial charge in [0.2, 0.25) is 0 Å². The second-order valence-corrected chi connectivity index (χ2v) is 7.19. The molecule has 0 aromatic carbocycles. The Bertz CT molecular complexity index is 305. The van der Waals surface area contributed by atoms with Crippen molar-refractivity contribution in [3.8, 4) is 0 Å². The average molecular weight is 298 g/mol. The van der Waals surface area contributed by atoms with Gasteiger partial charge < -0.3 is 15.3 Å². The highest BCUT2D eigenvalue weighted by molar-refractivity contribution is 5.74. The minimum Gasteiger partial charge on any atom is -0.396 e. The molecule has 1 aliphatic heterocycles. The number of carbonyl (C=O) groups excluding carboxylic acids is 1. The monoisotopic (exact) mass is 298 g/mol. The fourth-order valence-electron chi connectivity index (χ4n) is 3.39. The molecule has 124 valence electrons. The van der Waals surface area contributed by atoms with Crippen LogP contribution in [0.1, 0.15) is 59.8 Å². The van der Waals surface area contributed by atoms with Crippen LogP contribution in [0.5, 0.6) is 0 Å². The summed E-state index contributed by atoms with van der Waals surface area (Å²) in [4.78, 5) is 14.5. The average Bonchev–Trinajstić information content (AvgIpc) is 2.44. The van der Waals surface area contributed by atoms with Crippen molar-refractivity contribution in [3.05, 3.63) is 0 Å². The number of aliphatic hydroxyl groups is 1. The predicted octanol–water partition coefficient (Wildman–Crippen LogP) is 3.25. The maximum Gasteiger partial charge on any atom is 0.317 e. The fraction of sp³-hybridized carbons (Fsp3) is 0.941. The summed E-state index contributed by atoms with van der Waals surface area (Å²) >= 11 is 0. The molecule has 0 aromatic rings. The Morgan fingerprint density at radius 1 is 1.29 bits per heavy atom. The number of nitrogens with one attached hydrogen (secondary N) is 1. The van der Waals surface area contributed by atoms with E-state index in [4.69, 9.17) is 5.11 Å². The summed E-state index contributed by atoms with van der Waals surface area (Å²) < 4.78 is 0. The van der Waals surface area contributed by atoms with Crippen molar-refractivity contribution in [3.63, 3.8) is 0 Å². The van der Waals surface area contributed by atoms with E-state index in [9.17, 15) is 4.79 Å². The molecule has 2 N–H and O–H groups in total. The van der Waals surface area contributed by atoms with E-state index >= 15 is 0 Å². The number of aliphatic hydroxyl groups excluding tert-OH is 1. The predicted molar refractivity (Wildman–Crippen MR) is 87.2 cm³/mol. The maximum absolute atomic E-state index is 12.5. The minimum absolute atomic E-state index is 0.0834. The van der Waals surface area contributed by atoms with Gasteiger partial charge in [0.25, 0.3) is 0 Å². The molecule has 4 heteroatoms. The van der Waals surface area contributed by atoms with Gasteiger partial charge in [-0.15, -0.1) is 0 Å². The van der Waals surface area contributed by atoms with Crippen LogP contribution in [0.15, 0.2) is 0 Å². The minimum atomic E-state index is 0.0834. The normalized spacial score (nSPS) is 20.9. The number of hydrogen-bond acceptors (Lipinski definition) is 2. The molecule has 2 amide bonds. The van der Waals surface area contributed by atoms with Gasteiger partial charge in [-0.25, -0.2) is 4.79 Å². The van der Waals surface area contributed by atoms with Gasteiger partial charge >= 0.3 is 6.03 Å². The topological polar surface area (TPSA) is 52.6 Å². The molecule has 0 spiro atoms. The number of rotatable bonds is 7. The third-order valence-corrected chi connectivity index (χ3v) is 4.46. The van der Waals surface area contributed by atoms with E-state index < -0.39 is 0 Å². The van der Waals surface area contributed by atoms with Gasteiger partial charge in [-0.05, 0) is 49.9 Å². The molecule has 1 heterocycles. The molecule has 0 aliphatic carbocycles. The van der Waals surface area contributed by atoms with E-state index in [2.05, 4.69) is 33.0 Å². The highest BCUT2D eigenvalue weighted by atomic mass is 16.3. The van der Waals surface area contributed by atoms with E-state index in [0.717, 1.165) is 32.2 Å². The van der Waals surface area contributed by atoms with Crippen LogP contribution < -0.4 is 5.32 Å². The van der Waals surface area contributed by atoms with E-state index in [-0.39, 0.29) is 12.6 Å². The molecule has 21 heavy (non-hydrogen) atoms. The number of amides is 2. The lowest BCUT2D eigenvalue weighted by Crippen LogP contribution is -2.51. The summed E-state index contributed by atoms with van der Waals surface area (Å²) in [7, 11) is 0. The Hall–Kier alpha value is -0.770. The van der Waals surface area contributed by atoms with Gasteiger partial charge in [0.15, 0.2) is 0 Å². The van der Waals surface area contributed by atoms with Gasteiger partial charge in [-0.2, -0.15) is 0 Å². The van der Waals surface area contributed by atoms with Crippen LogP contribution in [-0.4, -0.2) is 41.8 Å². The summed E-state index contributed by atoms with van der Waals surface area (Å²) in [5.74, 6) is 1.48. The number of carbonyl (C=O) groups is 1. The summed E-state index contributed by atoms with van der Waals surface area (Å²) in [5.41, 5.74) is 0. The first-order valence-corrected chi connectivity index (χ1v) is 8.61. The highest BCUT2D eigenvalue weighted by Gasteiger charge is 2.28. The van der Waals surface area contributed by atoms with Crippen LogP contribution >= 0.6 is 0 Å². The molecular weight excluding hydrogens is 264 g/mol. The largest absolute Gasteiger partial charge is 0.396 e. The van der Waals surface area contributed by atoms with Crippen molar-refractivity contribution in [2.24, 2.45) is 17.8 Å². The molecule has 1 fully saturated rings. The summed E-state index contributed by atoms with van der Waals surface area (Å²) in [5, 5.41) is 12.3.